The number of carbonyl (C=O) groups excluding carboxylic acids is 1. The quantitative estimate of drug-likeness (QED) is 0.580. The number of hydrogen-bond donors (Lipinski definition) is 1. The summed E-state index contributed by atoms with van der Waals surface area (Å²) in [6.07, 6.45) is 2.95. The number of benzene rings is 1. The number of halogens is 1. The third kappa shape index (κ3) is 3.20. The predicted octanol–water partition coefficient (Wildman–Crippen LogP) is 2.88. The third-order valence-corrected chi connectivity index (χ3v) is 3.53. The standard InChI is InChI=1S/C16H12FN5O3/c1-10-12(9-19-21(10)15-4-2-3-7-18-15)16(23)20-14-6-5-11(22(24)25)8-13(14)17/h2-9H,1H3,(H,20,23). The van der Waals surface area contributed by atoms with Crippen molar-refractivity contribution in [1.82, 2.24) is 14.8 Å². The monoisotopic (exact) mass is 341 g/mol. The molecule has 1 aromatic carbocycles. The number of nitro benzene ring substituents is 1. The molecule has 0 aliphatic carbocycles. The maximum Gasteiger partial charge on any atom is 0.272 e. The Kier molecular flexibility index (Phi) is 4.21. The molecule has 2 heterocycles. The van der Waals surface area contributed by atoms with Gasteiger partial charge in [-0.05, 0) is 25.1 Å². The molecule has 3 rings (SSSR count). The van der Waals surface area contributed by atoms with Crippen molar-refractivity contribution in [1.29, 1.82) is 0 Å². The van der Waals surface area contributed by atoms with E-state index in [2.05, 4.69) is 15.4 Å². The van der Waals surface area contributed by atoms with Gasteiger partial charge in [0.25, 0.3) is 11.6 Å². The molecule has 0 unspecified atom stereocenters. The van der Waals surface area contributed by atoms with Crippen LogP contribution >= 0.6 is 0 Å². The Labute approximate surface area is 141 Å². The van der Waals surface area contributed by atoms with Crippen LogP contribution in [0.4, 0.5) is 15.8 Å². The summed E-state index contributed by atoms with van der Waals surface area (Å²) in [6, 6.07) is 8.28. The van der Waals surface area contributed by atoms with Gasteiger partial charge in [-0.15, -0.1) is 0 Å². The molecule has 8 nitrogen and oxygen atoms in total. The Balaban J connectivity index is 1.85. The second-order valence-corrected chi connectivity index (χ2v) is 5.12. The molecule has 0 saturated carbocycles. The summed E-state index contributed by atoms with van der Waals surface area (Å²) in [7, 11) is 0. The Morgan fingerprint density at radius 1 is 1.32 bits per heavy atom. The van der Waals surface area contributed by atoms with Crippen molar-refractivity contribution in [3.8, 4) is 5.82 Å². The van der Waals surface area contributed by atoms with Crippen LogP contribution in [0.2, 0.25) is 0 Å². The van der Waals surface area contributed by atoms with E-state index >= 15 is 0 Å². The van der Waals surface area contributed by atoms with Crippen LogP contribution in [0.15, 0.2) is 48.8 Å². The molecule has 0 aliphatic rings. The predicted molar refractivity (Wildman–Crippen MR) is 87.1 cm³/mol. The highest BCUT2D eigenvalue weighted by Gasteiger charge is 2.18. The molecule has 0 radical (unpaired) electrons. The minimum Gasteiger partial charge on any atom is -0.319 e. The van der Waals surface area contributed by atoms with Gasteiger partial charge < -0.3 is 5.32 Å². The van der Waals surface area contributed by atoms with E-state index in [9.17, 15) is 19.3 Å². The highest BCUT2D eigenvalue weighted by molar-refractivity contribution is 6.05. The van der Waals surface area contributed by atoms with Crippen LogP contribution in [0.3, 0.4) is 0 Å². The first-order valence-corrected chi connectivity index (χ1v) is 7.18. The molecule has 0 atom stereocenters. The summed E-state index contributed by atoms with van der Waals surface area (Å²) in [5.41, 5.74) is 0.220. The van der Waals surface area contributed by atoms with Gasteiger partial charge in [0.05, 0.1) is 34.1 Å². The van der Waals surface area contributed by atoms with E-state index in [4.69, 9.17) is 0 Å². The molecule has 0 saturated heterocycles. The van der Waals surface area contributed by atoms with Gasteiger partial charge in [-0.25, -0.2) is 14.1 Å². The van der Waals surface area contributed by atoms with Gasteiger partial charge in [-0.2, -0.15) is 5.10 Å². The van der Waals surface area contributed by atoms with Crippen LogP contribution in [0.25, 0.3) is 5.82 Å². The van der Waals surface area contributed by atoms with Crippen molar-refractivity contribution >= 4 is 17.3 Å². The summed E-state index contributed by atoms with van der Waals surface area (Å²) in [5, 5.41) is 17.1. The van der Waals surface area contributed by atoms with E-state index in [1.165, 1.54) is 10.9 Å². The summed E-state index contributed by atoms with van der Waals surface area (Å²) in [4.78, 5) is 26.4. The molecule has 9 heteroatoms. The van der Waals surface area contributed by atoms with Crippen LogP contribution < -0.4 is 5.32 Å². The minimum absolute atomic E-state index is 0.152. The zero-order valence-electron chi connectivity index (χ0n) is 13.0. The molecule has 25 heavy (non-hydrogen) atoms. The zero-order chi connectivity index (χ0) is 18.0. The Morgan fingerprint density at radius 3 is 2.76 bits per heavy atom. The molecular weight excluding hydrogens is 329 g/mol. The van der Waals surface area contributed by atoms with E-state index in [-0.39, 0.29) is 11.3 Å². The molecule has 0 bridgehead atoms. The first-order chi connectivity index (χ1) is 12.0. The van der Waals surface area contributed by atoms with Crippen LogP contribution in [0.5, 0.6) is 0 Å². The smallest absolute Gasteiger partial charge is 0.272 e. The van der Waals surface area contributed by atoms with Crippen molar-refractivity contribution < 1.29 is 14.1 Å². The van der Waals surface area contributed by atoms with E-state index < -0.39 is 22.3 Å². The number of non-ortho nitro benzene ring substituents is 1. The van der Waals surface area contributed by atoms with Gasteiger partial charge in [0.1, 0.15) is 0 Å². The van der Waals surface area contributed by atoms with Crippen LogP contribution in [0.1, 0.15) is 16.1 Å². The van der Waals surface area contributed by atoms with E-state index in [0.717, 1.165) is 18.2 Å². The summed E-state index contributed by atoms with van der Waals surface area (Å²) < 4.78 is 15.4. The number of nitro groups is 1. The van der Waals surface area contributed by atoms with Gasteiger partial charge >= 0.3 is 0 Å². The molecule has 126 valence electrons. The number of aromatic nitrogens is 3. The fraction of sp³-hybridized carbons (Fsp3) is 0.0625. The number of pyridine rings is 1. The summed E-state index contributed by atoms with van der Waals surface area (Å²) in [6.45, 7) is 1.68. The number of anilines is 1. The molecule has 2 aromatic heterocycles. The van der Waals surface area contributed by atoms with E-state index in [0.29, 0.717) is 11.5 Å². The lowest BCUT2D eigenvalue weighted by atomic mass is 10.2. The molecular formula is C16H12FN5O3. The lowest BCUT2D eigenvalue weighted by Gasteiger charge is -2.07. The van der Waals surface area contributed by atoms with Crippen LogP contribution in [0, 0.1) is 22.9 Å². The number of nitrogens with one attached hydrogen (secondary N) is 1. The lowest BCUT2D eigenvalue weighted by Crippen LogP contribution is -2.14. The fourth-order valence-corrected chi connectivity index (χ4v) is 2.25. The molecule has 0 spiro atoms. The normalized spacial score (nSPS) is 10.5. The van der Waals surface area contributed by atoms with Gasteiger partial charge in [-0.1, -0.05) is 6.07 Å². The largest absolute Gasteiger partial charge is 0.319 e. The molecule has 1 N–H and O–H groups in total. The Hall–Kier alpha value is -3.62. The molecule has 3 aromatic rings. The van der Waals surface area contributed by atoms with E-state index in [1.54, 1.807) is 31.3 Å². The average Bonchev–Trinajstić information content (AvgIpc) is 2.99. The SMILES string of the molecule is Cc1c(C(=O)Nc2ccc([N+](=O)[O-])cc2F)cnn1-c1ccccn1. The van der Waals surface area contributed by atoms with Gasteiger partial charge in [0.2, 0.25) is 0 Å². The highest BCUT2D eigenvalue weighted by atomic mass is 19.1. The molecule has 0 fully saturated rings. The van der Waals surface area contributed by atoms with Crippen LogP contribution in [-0.2, 0) is 0 Å². The van der Waals surface area contributed by atoms with Gasteiger partial charge in [-0.3, -0.25) is 14.9 Å². The lowest BCUT2D eigenvalue weighted by molar-refractivity contribution is -0.385. The topological polar surface area (TPSA) is 103 Å². The third-order valence-electron chi connectivity index (χ3n) is 3.53. The van der Waals surface area contributed by atoms with E-state index in [1.807, 2.05) is 0 Å². The van der Waals surface area contributed by atoms with Crippen molar-refractivity contribution in [2.24, 2.45) is 0 Å². The van der Waals surface area contributed by atoms with Crippen LogP contribution in [-0.4, -0.2) is 25.6 Å². The van der Waals surface area contributed by atoms with Crippen molar-refractivity contribution in [3.63, 3.8) is 0 Å². The van der Waals surface area contributed by atoms with Crippen molar-refractivity contribution in [2.45, 2.75) is 6.92 Å². The average molecular weight is 341 g/mol. The van der Waals surface area contributed by atoms with Gasteiger partial charge in [0, 0.05) is 12.3 Å². The Bertz CT molecular complexity index is 956. The van der Waals surface area contributed by atoms with Crippen molar-refractivity contribution in [3.05, 3.63) is 76.0 Å². The second kappa shape index (κ2) is 6.48. The number of carbonyl (C=O) groups is 1. The number of amides is 1. The molecule has 0 aliphatic heterocycles. The maximum atomic E-state index is 13.9. The number of hydrogen-bond acceptors (Lipinski definition) is 5. The highest BCUT2D eigenvalue weighted by Crippen LogP contribution is 2.22. The first-order valence-electron chi connectivity index (χ1n) is 7.18. The van der Waals surface area contributed by atoms with Gasteiger partial charge in [0.15, 0.2) is 11.6 Å². The second-order valence-electron chi connectivity index (χ2n) is 5.12. The van der Waals surface area contributed by atoms with Crippen molar-refractivity contribution in [2.75, 3.05) is 5.32 Å². The maximum absolute atomic E-state index is 13.9. The minimum atomic E-state index is -0.891. The first kappa shape index (κ1) is 16.2. The summed E-state index contributed by atoms with van der Waals surface area (Å²) >= 11 is 0. The number of nitrogens with zero attached hydrogens (tertiary/aromatic N) is 4. The Morgan fingerprint density at radius 2 is 2.12 bits per heavy atom. The number of rotatable bonds is 4. The zero-order valence-corrected chi connectivity index (χ0v) is 13.0. The fourth-order valence-electron chi connectivity index (χ4n) is 2.25. The summed E-state index contributed by atoms with van der Waals surface area (Å²) in [5.74, 6) is -0.926. The molecule has 1 amide bonds.